The highest BCUT2D eigenvalue weighted by molar-refractivity contribution is 5.20. The summed E-state index contributed by atoms with van der Waals surface area (Å²) in [7, 11) is 0. The van der Waals surface area contributed by atoms with Gasteiger partial charge in [0.1, 0.15) is 0 Å². The van der Waals surface area contributed by atoms with Gasteiger partial charge in [0.2, 0.25) is 0 Å². The van der Waals surface area contributed by atoms with Crippen LogP contribution in [0.4, 0.5) is 0 Å². The molecule has 2 rings (SSSR count). The molecule has 1 aliphatic carbocycles. The van der Waals surface area contributed by atoms with Crippen LogP contribution in [-0.2, 0) is 0 Å². The summed E-state index contributed by atoms with van der Waals surface area (Å²) in [6.45, 7) is 3.77. The summed E-state index contributed by atoms with van der Waals surface area (Å²) in [5, 5.41) is 9.93. The van der Waals surface area contributed by atoms with Crippen molar-refractivity contribution in [1.82, 2.24) is 0 Å². The molecule has 80 valence electrons. The van der Waals surface area contributed by atoms with Crippen LogP contribution in [0, 0.1) is 5.92 Å². The van der Waals surface area contributed by atoms with Gasteiger partial charge in [0.05, 0.1) is 6.10 Å². The second-order valence-electron chi connectivity index (χ2n) is 4.39. The topological polar surface area (TPSA) is 20.2 Å². The summed E-state index contributed by atoms with van der Waals surface area (Å²) in [5.41, 5.74) is 1.36. The summed E-state index contributed by atoms with van der Waals surface area (Å²) in [4.78, 5) is 0. The number of aliphatic hydroxyl groups is 1. The molecule has 0 saturated heterocycles. The smallest absolute Gasteiger partial charge is 0.0608 e. The van der Waals surface area contributed by atoms with E-state index in [1.165, 1.54) is 5.56 Å². The van der Waals surface area contributed by atoms with Gasteiger partial charge in [0.25, 0.3) is 0 Å². The maximum atomic E-state index is 9.93. The van der Waals surface area contributed by atoms with Crippen molar-refractivity contribution >= 4 is 0 Å². The third kappa shape index (κ3) is 2.29. The quantitative estimate of drug-likeness (QED) is 0.730. The van der Waals surface area contributed by atoms with Gasteiger partial charge in [0, 0.05) is 5.92 Å². The number of rotatable bonds is 2. The van der Waals surface area contributed by atoms with Crippen molar-refractivity contribution in [3.05, 3.63) is 48.6 Å². The lowest BCUT2D eigenvalue weighted by Gasteiger charge is -2.31. The summed E-state index contributed by atoms with van der Waals surface area (Å²) >= 11 is 0. The van der Waals surface area contributed by atoms with Crippen molar-refractivity contribution < 1.29 is 5.11 Å². The number of hydrogen-bond donors (Lipinski definition) is 1. The van der Waals surface area contributed by atoms with E-state index in [2.05, 4.69) is 30.8 Å². The third-order valence-electron chi connectivity index (χ3n) is 3.44. The molecule has 1 aromatic carbocycles. The molecule has 0 aromatic heterocycles. The SMILES string of the molecule is C=C[C@H]1CC[C@H](c2ccccc2)C[C@H]1O. The maximum Gasteiger partial charge on any atom is 0.0608 e. The van der Waals surface area contributed by atoms with Crippen LogP contribution >= 0.6 is 0 Å². The fourth-order valence-corrected chi connectivity index (χ4v) is 2.47. The Morgan fingerprint density at radius 3 is 2.53 bits per heavy atom. The van der Waals surface area contributed by atoms with E-state index in [9.17, 15) is 5.11 Å². The van der Waals surface area contributed by atoms with E-state index in [4.69, 9.17) is 0 Å². The monoisotopic (exact) mass is 202 g/mol. The van der Waals surface area contributed by atoms with Gasteiger partial charge in [-0.25, -0.2) is 0 Å². The van der Waals surface area contributed by atoms with Crippen LogP contribution in [0.1, 0.15) is 30.7 Å². The molecule has 1 N–H and O–H groups in total. The number of hydrogen-bond acceptors (Lipinski definition) is 1. The van der Waals surface area contributed by atoms with Crippen molar-refractivity contribution in [3.8, 4) is 0 Å². The standard InChI is InChI=1S/C14H18O/c1-2-11-8-9-13(10-14(11)15)12-6-4-3-5-7-12/h2-7,11,13-15H,1,8-10H2/t11-,13-,14+/m0/s1. The molecule has 0 heterocycles. The van der Waals surface area contributed by atoms with E-state index in [-0.39, 0.29) is 6.10 Å². The first-order valence-electron chi connectivity index (χ1n) is 5.67. The molecular weight excluding hydrogens is 184 g/mol. The molecule has 0 spiro atoms. The molecule has 1 fully saturated rings. The highest BCUT2D eigenvalue weighted by atomic mass is 16.3. The Morgan fingerprint density at radius 1 is 1.20 bits per heavy atom. The van der Waals surface area contributed by atoms with E-state index in [0.29, 0.717) is 11.8 Å². The van der Waals surface area contributed by atoms with Gasteiger partial charge in [-0.2, -0.15) is 0 Å². The highest BCUT2D eigenvalue weighted by Crippen LogP contribution is 2.36. The molecule has 1 saturated carbocycles. The van der Waals surface area contributed by atoms with E-state index in [1.807, 2.05) is 12.1 Å². The zero-order valence-corrected chi connectivity index (χ0v) is 8.97. The first-order valence-corrected chi connectivity index (χ1v) is 5.67. The van der Waals surface area contributed by atoms with Crippen LogP contribution in [0.5, 0.6) is 0 Å². The Labute approximate surface area is 91.4 Å². The average Bonchev–Trinajstić information content (AvgIpc) is 2.30. The minimum absolute atomic E-state index is 0.207. The molecule has 0 unspecified atom stereocenters. The molecule has 0 bridgehead atoms. The number of aliphatic hydroxyl groups excluding tert-OH is 1. The van der Waals surface area contributed by atoms with Crippen molar-refractivity contribution in [2.75, 3.05) is 0 Å². The van der Waals surface area contributed by atoms with Gasteiger partial charge in [-0.1, -0.05) is 36.4 Å². The molecule has 1 aliphatic rings. The zero-order valence-electron chi connectivity index (χ0n) is 8.97. The van der Waals surface area contributed by atoms with Gasteiger partial charge in [-0.05, 0) is 30.7 Å². The Bertz CT molecular complexity index is 317. The van der Waals surface area contributed by atoms with Gasteiger partial charge in [-0.3, -0.25) is 0 Å². The third-order valence-corrected chi connectivity index (χ3v) is 3.44. The lowest BCUT2D eigenvalue weighted by molar-refractivity contribution is 0.0829. The van der Waals surface area contributed by atoms with E-state index in [0.717, 1.165) is 19.3 Å². The molecule has 0 amide bonds. The normalized spacial score (nSPS) is 31.1. The van der Waals surface area contributed by atoms with E-state index in [1.54, 1.807) is 0 Å². The van der Waals surface area contributed by atoms with Crippen LogP contribution in [-0.4, -0.2) is 11.2 Å². The lowest BCUT2D eigenvalue weighted by Crippen LogP contribution is -2.26. The molecule has 15 heavy (non-hydrogen) atoms. The minimum Gasteiger partial charge on any atom is -0.392 e. The van der Waals surface area contributed by atoms with Crippen LogP contribution < -0.4 is 0 Å². The Kier molecular flexibility index (Phi) is 3.22. The van der Waals surface area contributed by atoms with Gasteiger partial charge >= 0.3 is 0 Å². The Hall–Kier alpha value is -1.08. The molecule has 1 nitrogen and oxygen atoms in total. The van der Waals surface area contributed by atoms with Crippen LogP contribution in [0.25, 0.3) is 0 Å². The average molecular weight is 202 g/mol. The molecule has 3 atom stereocenters. The first-order chi connectivity index (χ1) is 7.31. The summed E-state index contributed by atoms with van der Waals surface area (Å²) in [6, 6.07) is 10.5. The minimum atomic E-state index is -0.207. The van der Waals surface area contributed by atoms with Gasteiger partial charge in [-0.15, -0.1) is 6.58 Å². The van der Waals surface area contributed by atoms with Crippen LogP contribution in [0.3, 0.4) is 0 Å². The molecule has 0 aliphatic heterocycles. The van der Waals surface area contributed by atoms with Crippen LogP contribution in [0.2, 0.25) is 0 Å². The van der Waals surface area contributed by atoms with Gasteiger partial charge in [0.15, 0.2) is 0 Å². The second-order valence-corrected chi connectivity index (χ2v) is 4.39. The first kappa shape index (κ1) is 10.4. The predicted molar refractivity (Wildman–Crippen MR) is 62.7 cm³/mol. The molecule has 0 radical (unpaired) electrons. The largest absolute Gasteiger partial charge is 0.392 e. The summed E-state index contributed by atoms with van der Waals surface area (Å²) in [5.74, 6) is 0.822. The van der Waals surface area contributed by atoms with E-state index >= 15 is 0 Å². The van der Waals surface area contributed by atoms with Crippen molar-refractivity contribution in [2.24, 2.45) is 5.92 Å². The zero-order chi connectivity index (χ0) is 10.7. The molecule has 1 aromatic rings. The Balaban J connectivity index is 2.06. The summed E-state index contributed by atoms with van der Waals surface area (Å²) in [6.07, 6.45) is 4.79. The fourth-order valence-electron chi connectivity index (χ4n) is 2.47. The van der Waals surface area contributed by atoms with Crippen LogP contribution in [0.15, 0.2) is 43.0 Å². The van der Waals surface area contributed by atoms with Crippen molar-refractivity contribution in [1.29, 1.82) is 0 Å². The van der Waals surface area contributed by atoms with Crippen molar-refractivity contribution in [3.63, 3.8) is 0 Å². The van der Waals surface area contributed by atoms with Crippen molar-refractivity contribution in [2.45, 2.75) is 31.3 Å². The van der Waals surface area contributed by atoms with Gasteiger partial charge < -0.3 is 5.11 Å². The maximum absolute atomic E-state index is 9.93. The highest BCUT2D eigenvalue weighted by Gasteiger charge is 2.27. The summed E-state index contributed by atoms with van der Waals surface area (Å²) < 4.78 is 0. The van der Waals surface area contributed by atoms with E-state index < -0.39 is 0 Å². The predicted octanol–water partition coefficient (Wildman–Crippen LogP) is 3.12. The Morgan fingerprint density at radius 2 is 1.93 bits per heavy atom. The number of benzene rings is 1. The molecule has 1 heteroatoms. The molecular formula is C14H18O. The second kappa shape index (κ2) is 4.63. The fraction of sp³-hybridized carbons (Fsp3) is 0.429. The lowest BCUT2D eigenvalue weighted by atomic mass is 9.77.